The second-order valence-electron chi connectivity index (χ2n) is 4.81. The standard InChI is InChI=1S/C17H18N2O/c1-3-20-15-9-10-17-16(11-15)18-13(2)19(17)12-14-7-5-4-6-8-14/h4-11H,3,12H2,1-2H3. The van der Waals surface area contributed by atoms with Crippen molar-refractivity contribution in [3.05, 3.63) is 59.9 Å². The maximum Gasteiger partial charge on any atom is 0.121 e. The Morgan fingerprint density at radius 1 is 1.10 bits per heavy atom. The van der Waals surface area contributed by atoms with Crippen molar-refractivity contribution in [2.45, 2.75) is 20.4 Å². The van der Waals surface area contributed by atoms with Gasteiger partial charge in [0.25, 0.3) is 0 Å². The Kier molecular flexibility index (Phi) is 3.42. The minimum Gasteiger partial charge on any atom is -0.494 e. The minimum atomic E-state index is 0.676. The van der Waals surface area contributed by atoms with E-state index in [1.165, 1.54) is 5.56 Å². The molecule has 102 valence electrons. The molecule has 3 aromatic rings. The van der Waals surface area contributed by atoms with Crippen LogP contribution in [0.4, 0.5) is 0 Å². The van der Waals surface area contributed by atoms with E-state index in [1.807, 2.05) is 32.0 Å². The number of imidazole rings is 1. The molecule has 0 aliphatic rings. The Morgan fingerprint density at radius 3 is 2.65 bits per heavy atom. The van der Waals surface area contributed by atoms with E-state index in [4.69, 9.17) is 4.74 Å². The predicted molar refractivity (Wildman–Crippen MR) is 81.2 cm³/mol. The van der Waals surface area contributed by atoms with Crippen molar-refractivity contribution >= 4 is 11.0 Å². The van der Waals surface area contributed by atoms with Crippen LogP contribution in [0, 0.1) is 6.92 Å². The Hall–Kier alpha value is -2.29. The molecule has 0 N–H and O–H groups in total. The highest BCUT2D eigenvalue weighted by atomic mass is 16.5. The molecular formula is C17H18N2O. The molecule has 3 nitrogen and oxygen atoms in total. The van der Waals surface area contributed by atoms with Crippen molar-refractivity contribution in [1.29, 1.82) is 0 Å². The summed E-state index contributed by atoms with van der Waals surface area (Å²) in [4.78, 5) is 4.64. The van der Waals surface area contributed by atoms with Gasteiger partial charge in [-0.05, 0) is 31.5 Å². The van der Waals surface area contributed by atoms with Crippen molar-refractivity contribution < 1.29 is 4.74 Å². The molecule has 20 heavy (non-hydrogen) atoms. The molecular weight excluding hydrogens is 248 g/mol. The van der Waals surface area contributed by atoms with Gasteiger partial charge in [0.2, 0.25) is 0 Å². The van der Waals surface area contributed by atoms with E-state index in [2.05, 4.69) is 39.9 Å². The summed E-state index contributed by atoms with van der Waals surface area (Å²) in [6.07, 6.45) is 0. The molecule has 1 aromatic heterocycles. The lowest BCUT2D eigenvalue weighted by Crippen LogP contribution is -2.01. The number of nitrogens with zero attached hydrogens (tertiary/aromatic N) is 2. The highest BCUT2D eigenvalue weighted by Gasteiger charge is 2.08. The summed E-state index contributed by atoms with van der Waals surface area (Å²) in [5, 5.41) is 0. The van der Waals surface area contributed by atoms with Gasteiger partial charge in [-0.2, -0.15) is 0 Å². The smallest absolute Gasteiger partial charge is 0.121 e. The van der Waals surface area contributed by atoms with Gasteiger partial charge in [-0.3, -0.25) is 0 Å². The first-order chi connectivity index (χ1) is 9.78. The van der Waals surface area contributed by atoms with Crippen LogP contribution in [-0.4, -0.2) is 16.2 Å². The van der Waals surface area contributed by atoms with Gasteiger partial charge >= 0.3 is 0 Å². The molecule has 0 bridgehead atoms. The van der Waals surface area contributed by atoms with Crippen LogP contribution in [0.1, 0.15) is 18.3 Å². The quantitative estimate of drug-likeness (QED) is 0.718. The number of hydrogen-bond acceptors (Lipinski definition) is 2. The van der Waals surface area contributed by atoms with E-state index in [9.17, 15) is 0 Å². The number of ether oxygens (including phenoxy) is 1. The van der Waals surface area contributed by atoms with Gasteiger partial charge in [0.1, 0.15) is 11.6 Å². The Balaban J connectivity index is 2.00. The van der Waals surface area contributed by atoms with E-state index >= 15 is 0 Å². The van der Waals surface area contributed by atoms with Crippen LogP contribution in [0.3, 0.4) is 0 Å². The molecule has 3 heteroatoms. The lowest BCUT2D eigenvalue weighted by molar-refractivity contribution is 0.340. The molecule has 0 atom stereocenters. The van der Waals surface area contributed by atoms with Crippen molar-refractivity contribution in [1.82, 2.24) is 9.55 Å². The summed E-state index contributed by atoms with van der Waals surface area (Å²) in [6, 6.07) is 16.6. The second kappa shape index (κ2) is 5.37. The lowest BCUT2D eigenvalue weighted by Gasteiger charge is -2.07. The fourth-order valence-corrected chi connectivity index (χ4v) is 2.45. The number of aromatic nitrogens is 2. The van der Waals surface area contributed by atoms with Crippen molar-refractivity contribution in [2.75, 3.05) is 6.61 Å². The van der Waals surface area contributed by atoms with Crippen LogP contribution >= 0.6 is 0 Å². The summed E-state index contributed by atoms with van der Waals surface area (Å²) in [5.41, 5.74) is 3.42. The zero-order valence-corrected chi connectivity index (χ0v) is 11.8. The molecule has 0 saturated heterocycles. The highest BCUT2D eigenvalue weighted by molar-refractivity contribution is 5.77. The Bertz CT molecular complexity index is 716. The van der Waals surface area contributed by atoms with Crippen LogP contribution in [0.25, 0.3) is 11.0 Å². The van der Waals surface area contributed by atoms with E-state index in [1.54, 1.807) is 0 Å². The molecule has 0 saturated carbocycles. The second-order valence-corrected chi connectivity index (χ2v) is 4.81. The van der Waals surface area contributed by atoms with Gasteiger partial charge in [-0.25, -0.2) is 4.98 Å². The summed E-state index contributed by atoms with van der Waals surface area (Å²) < 4.78 is 7.77. The van der Waals surface area contributed by atoms with Gasteiger partial charge < -0.3 is 9.30 Å². The number of hydrogen-bond donors (Lipinski definition) is 0. The first-order valence-electron chi connectivity index (χ1n) is 6.91. The third kappa shape index (κ3) is 2.39. The van der Waals surface area contributed by atoms with Crippen LogP contribution < -0.4 is 4.74 Å². The number of fused-ring (bicyclic) bond motifs is 1. The molecule has 0 aliphatic carbocycles. The Morgan fingerprint density at radius 2 is 1.90 bits per heavy atom. The minimum absolute atomic E-state index is 0.676. The van der Waals surface area contributed by atoms with Crippen LogP contribution in [-0.2, 0) is 6.54 Å². The third-order valence-electron chi connectivity index (χ3n) is 3.41. The SMILES string of the molecule is CCOc1ccc2c(c1)nc(C)n2Cc1ccccc1. The summed E-state index contributed by atoms with van der Waals surface area (Å²) in [5.74, 6) is 1.90. The maximum atomic E-state index is 5.53. The first kappa shape index (κ1) is 12.7. The van der Waals surface area contributed by atoms with Crippen molar-refractivity contribution in [3.63, 3.8) is 0 Å². The molecule has 1 heterocycles. The monoisotopic (exact) mass is 266 g/mol. The third-order valence-corrected chi connectivity index (χ3v) is 3.41. The van der Waals surface area contributed by atoms with Crippen molar-refractivity contribution in [3.8, 4) is 5.75 Å². The molecule has 0 unspecified atom stereocenters. The Labute approximate surface area is 118 Å². The molecule has 0 aliphatic heterocycles. The lowest BCUT2D eigenvalue weighted by atomic mass is 10.2. The molecule has 0 fully saturated rings. The normalized spacial score (nSPS) is 10.9. The van der Waals surface area contributed by atoms with Crippen LogP contribution in [0.5, 0.6) is 5.75 Å². The fourth-order valence-electron chi connectivity index (χ4n) is 2.45. The van der Waals surface area contributed by atoms with E-state index < -0.39 is 0 Å². The van der Waals surface area contributed by atoms with Crippen molar-refractivity contribution in [2.24, 2.45) is 0 Å². The van der Waals surface area contributed by atoms with Gasteiger partial charge in [-0.15, -0.1) is 0 Å². The summed E-state index contributed by atoms with van der Waals surface area (Å²) in [7, 11) is 0. The first-order valence-corrected chi connectivity index (χ1v) is 6.91. The van der Waals surface area contributed by atoms with E-state index in [0.717, 1.165) is 29.2 Å². The molecule has 0 amide bonds. The summed E-state index contributed by atoms with van der Waals surface area (Å²) in [6.45, 7) is 5.55. The zero-order valence-electron chi connectivity index (χ0n) is 11.8. The van der Waals surface area contributed by atoms with Gasteiger partial charge in [-0.1, -0.05) is 30.3 Å². The molecule has 3 rings (SSSR count). The molecule has 0 spiro atoms. The van der Waals surface area contributed by atoms with E-state index in [-0.39, 0.29) is 0 Å². The molecule has 0 radical (unpaired) electrons. The highest BCUT2D eigenvalue weighted by Crippen LogP contribution is 2.22. The topological polar surface area (TPSA) is 27.1 Å². The number of rotatable bonds is 4. The maximum absolute atomic E-state index is 5.53. The zero-order chi connectivity index (χ0) is 13.9. The average molecular weight is 266 g/mol. The van der Waals surface area contributed by atoms with Crippen LogP contribution in [0.2, 0.25) is 0 Å². The van der Waals surface area contributed by atoms with Gasteiger partial charge in [0.15, 0.2) is 0 Å². The van der Waals surface area contributed by atoms with Gasteiger partial charge in [0, 0.05) is 12.6 Å². The average Bonchev–Trinajstić information content (AvgIpc) is 2.76. The van der Waals surface area contributed by atoms with Crippen LogP contribution in [0.15, 0.2) is 48.5 Å². The van der Waals surface area contributed by atoms with E-state index in [0.29, 0.717) is 6.61 Å². The largest absolute Gasteiger partial charge is 0.494 e. The van der Waals surface area contributed by atoms with Gasteiger partial charge in [0.05, 0.1) is 17.6 Å². The number of aryl methyl sites for hydroxylation is 1. The molecule has 2 aromatic carbocycles. The predicted octanol–water partition coefficient (Wildman–Crippen LogP) is 3.79. The summed E-state index contributed by atoms with van der Waals surface area (Å²) >= 11 is 0. The number of benzene rings is 2. The fraction of sp³-hybridized carbons (Fsp3) is 0.235.